The monoisotopic (exact) mass is 266 g/mol. The van der Waals surface area contributed by atoms with Gasteiger partial charge in [0.05, 0.1) is 0 Å². The molecule has 0 aliphatic heterocycles. The predicted octanol–water partition coefficient (Wildman–Crippen LogP) is 1.80. The van der Waals surface area contributed by atoms with Crippen molar-refractivity contribution in [2.45, 2.75) is 13.3 Å². The number of benzene rings is 1. The van der Waals surface area contributed by atoms with Crippen LogP contribution in [0.5, 0.6) is 0 Å². The SMILES string of the molecule is CSCCNC(=O)CC(=O)Nc1cccc(C)c1. The van der Waals surface area contributed by atoms with E-state index in [9.17, 15) is 9.59 Å². The molecule has 2 amide bonds. The fourth-order valence-electron chi connectivity index (χ4n) is 1.43. The average molecular weight is 266 g/mol. The molecule has 0 fully saturated rings. The van der Waals surface area contributed by atoms with Crippen LogP contribution >= 0.6 is 11.8 Å². The Bertz CT molecular complexity index is 421. The summed E-state index contributed by atoms with van der Waals surface area (Å²) in [5.74, 6) is 0.321. The van der Waals surface area contributed by atoms with Crippen molar-refractivity contribution in [3.63, 3.8) is 0 Å². The van der Waals surface area contributed by atoms with Crippen LogP contribution in [-0.2, 0) is 9.59 Å². The maximum atomic E-state index is 11.6. The number of rotatable bonds is 6. The standard InChI is InChI=1S/C13H18N2O2S/c1-10-4-3-5-11(8-10)15-13(17)9-12(16)14-6-7-18-2/h3-5,8H,6-7,9H2,1-2H3,(H,14,16)(H,15,17). The zero-order chi connectivity index (χ0) is 13.4. The molecule has 2 N–H and O–H groups in total. The minimum atomic E-state index is -0.290. The fourth-order valence-corrected chi connectivity index (χ4v) is 1.74. The first-order chi connectivity index (χ1) is 8.61. The highest BCUT2D eigenvalue weighted by Crippen LogP contribution is 2.09. The van der Waals surface area contributed by atoms with E-state index in [-0.39, 0.29) is 18.2 Å². The van der Waals surface area contributed by atoms with Gasteiger partial charge in [-0.25, -0.2) is 0 Å². The van der Waals surface area contributed by atoms with E-state index in [0.29, 0.717) is 6.54 Å². The second-order valence-corrected chi connectivity index (χ2v) is 4.92. The molecule has 5 heteroatoms. The number of anilines is 1. The molecule has 0 aliphatic rings. The van der Waals surface area contributed by atoms with Crippen LogP contribution in [0.3, 0.4) is 0 Å². The van der Waals surface area contributed by atoms with E-state index in [0.717, 1.165) is 17.0 Å². The van der Waals surface area contributed by atoms with Crippen LogP contribution in [0.25, 0.3) is 0 Å². The molecule has 0 spiro atoms. The fraction of sp³-hybridized carbons (Fsp3) is 0.385. The Morgan fingerprint density at radius 1 is 1.28 bits per heavy atom. The van der Waals surface area contributed by atoms with Crippen LogP contribution in [0.4, 0.5) is 5.69 Å². The van der Waals surface area contributed by atoms with Gasteiger partial charge in [0.15, 0.2) is 0 Å². The molecule has 0 heterocycles. The first-order valence-corrected chi connectivity index (χ1v) is 7.13. The van der Waals surface area contributed by atoms with Crippen molar-refractivity contribution in [1.82, 2.24) is 5.32 Å². The summed E-state index contributed by atoms with van der Waals surface area (Å²) >= 11 is 1.65. The van der Waals surface area contributed by atoms with Crippen LogP contribution in [0.1, 0.15) is 12.0 Å². The lowest BCUT2D eigenvalue weighted by molar-refractivity contribution is -0.126. The van der Waals surface area contributed by atoms with Gasteiger partial charge in [0, 0.05) is 18.0 Å². The summed E-state index contributed by atoms with van der Waals surface area (Å²) in [5.41, 5.74) is 1.79. The predicted molar refractivity (Wildman–Crippen MR) is 75.8 cm³/mol. The Morgan fingerprint density at radius 2 is 2.06 bits per heavy atom. The van der Waals surface area contributed by atoms with E-state index in [1.165, 1.54) is 0 Å². The topological polar surface area (TPSA) is 58.2 Å². The highest BCUT2D eigenvalue weighted by molar-refractivity contribution is 7.98. The summed E-state index contributed by atoms with van der Waals surface area (Å²) in [5, 5.41) is 5.39. The number of nitrogens with one attached hydrogen (secondary N) is 2. The van der Waals surface area contributed by atoms with Crippen molar-refractivity contribution in [3.05, 3.63) is 29.8 Å². The number of carbonyl (C=O) groups is 2. The Labute approximate surface area is 112 Å². The molecule has 1 aromatic rings. The Hall–Kier alpha value is -1.49. The third-order valence-electron chi connectivity index (χ3n) is 2.25. The lowest BCUT2D eigenvalue weighted by Crippen LogP contribution is -2.29. The molecular weight excluding hydrogens is 248 g/mol. The Morgan fingerprint density at radius 3 is 2.72 bits per heavy atom. The van der Waals surface area contributed by atoms with E-state index < -0.39 is 0 Å². The summed E-state index contributed by atoms with van der Waals surface area (Å²) < 4.78 is 0. The molecule has 1 aromatic carbocycles. The first-order valence-electron chi connectivity index (χ1n) is 5.74. The van der Waals surface area contributed by atoms with E-state index in [4.69, 9.17) is 0 Å². The highest BCUT2D eigenvalue weighted by Gasteiger charge is 2.08. The van der Waals surface area contributed by atoms with Crippen LogP contribution in [0, 0.1) is 6.92 Å². The molecule has 0 saturated heterocycles. The summed E-state index contributed by atoms with van der Waals surface area (Å²) in [6.45, 7) is 2.54. The Kier molecular flexibility index (Phi) is 6.28. The second kappa shape index (κ2) is 7.76. The zero-order valence-electron chi connectivity index (χ0n) is 10.7. The molecule has 0 saturated carbocycles. The number of carbonyl (C=O) groups excluding carboxylic acids is 2. The number of aryl methyl sites for hydroxylation is 1. The molecule has 98 valence electrons. The van der Waals surface area contributed by atoms with Gasteiger partial charge in [-0.3, -0.25) is 9.59 Å². The highest BCUT2D eigenvalue weighted by atomic mass is 32.2. The summed E-state index contributed by atoms with van der Waals surface area (Å²) in [4.78, 5) is 23.0. The van der Waals surface area contributed by atoms with E-state index >= 15 is 0 Å². The summed E-state index contributed by atoms with van der Waals surface area (Å²) in [6.07, 6.45) is 1.83. The molecule has 0 bridgehead atoms. The van der Waals surface area contributed by atoms with Crippen molar-refractivity contribution in [2.75, 3.05) is 23.9 Å². The van der Waals surface area contributed by atoms with Gasteiger partial charge in [0.1, 0.15) is 6.42 Å². The molecular formula is C13H18N2O2S. The van der Waals surface area contributed by atoms with Gasteiger partial charge in [-0.1, -0.05) is 12.1 Å². The molecule has 1 rings (SSSR count). The molecule has 18 heavy (non-hydrogen) atoms. The molecule has 0 aromatic heterocycles. The van der Waals surface area contributed by atoms with Crippen molar-refractivity contribution >= 4 is 29.3 Å². The lowest BCUT2D eigenvalue weighted by atomic mass is 10.2. The molecule has 0 unspecified atom stereocenters. The lowest BCUT2D eigenvalue weighted by Gasteiger charge is -2.06. The van der Waals surface area contributed by atoms with E-state index in [1.807, 2.05) is 31.4 Å². The minimum absolute atomic E-state index is 0.137. The quantitative estimate of drug-likeness (QED) is 0.610. The van der Waals surface area contributed by atoms with Crippen LogP contribution in [0.15, 0.2) is 24.3 Å². The number of thioether (sulfide) groups is 1. The maximum absolute atomic E-state index is 11.6. The summed E-state index contributed by atoms with van der Waals surface area (Å²) in [7, 11) is 0. The van der Waals surface area contributed by atoms with Gasteiger partial charge >= 0.3 is 0 Å². The smallest absolute Gasteiger partial charge is 0.233 e. The first kappa shape index (κ1) is 14.6. The van der Waals surface area contributed by atoms with Gasteiger partial charge in [0.2, 0.25) is 11.8 Å². The normalized spacial score (nSPS) is 9.89. The van der Waals surface area contributed by atoms with E-state index in [1.54, 1.807) is 17.8 Å². The average Bonchev–Trinajstić information content (AvgIpc) is 2.29. The van der Waals surface area contributed by atoms with Gasteiger partial charge < -0.3 is 10.6 Å². The molecule has 0 aliphatic carbocycles. The van der Waals surface area contributed by atoms with Gasteiger partial charge in [-0.15, -0.1) is 0 Å². The maximum Gasteiger partial charge on any atom is 0.233 e. The van der Waals surface area contributed by atoms with Gasteiger partial charge in [-0.05, 0) is 30.9 Å². The molecule has 4 nitrogen and oxygen atoms in total. The third-order valence-corrected chi connectivity index (χ3v) is 2.86. The van der Waals surface area contributed by atoms with Gasteiger partial charge in [0.25, 0.3) is 0 Å². The van der Waals surface area contributed by atoms with Gasteiger partial charge in [-0.2, -0.15) is 11.8 Å². The molecule has 0 atom stereocenters. The number of hydrogen-bond acceptors (Lipinski definition) is 3. The van der Waals surface area contributed by atoms with Crippen molar-refractivity contribution in [3.8, 4) is 0 Å². The van der Waals surface area contributed by atoms with Crippen LogP contribution < -0.4 is 10.6 Å². The third kappa shape index (κ3) is 5.72. The number of hydrogen-bond donors (Lipinski definition) is 2. The molecule has 0 radical (unpaired) electrons. The Balaban J connectivity index is 2.35. The second-order valence-electron chi connectivity index (χ2n) is 3.94. The number of amides is 2. The zero-order valence-corrected chi connectivity index (χ0v) is 11.5. The summed E-state index contributed by atoms with van der Waals surface area (Å²) in [6, 6.07) is 7.48. The van der Waals surface area contributed by atoms with E-state index in [2.05, 4.69) is 10.6 Å². The van der Waals surface area contributed by atoms with Crippen molar-refractivity contribution in [2.24, 2.45) is 0 Å². The largest absolute Gasteiger partial charge is 0.355 e. The van der Waals surface area contributed by atoms with Crippen LogP contribution in [-0.4, -0.2) is 30.4 Å². The van der Waals surface area contributed by atoms with Crippen molar-refractivity contribution in [1.29, 1.82) is 0 Å². The van der Waals surface area contributed by atoms with Crippen molar-refractivity contribution < 1.29 is 9.59 Å². The van der Waals surface area contributed by atoms with Crippen LogP contribution in [0.2, 0.25) is 0 Å². The minimum Gasteiger partial charge on any atom is -0.355 e.